The van der Waals surface area contributed by atoms with Gasteiger partial charge < -0.3 is 5.11 Å². The molecule has 0 atom stereocenters. The lowest BCUT2D eigenvalue weighted by Crippen LogP contribution is -2.06. The highest BCUT2D eigenvalue weighted by Gasteiger charge is 2.02. The largest absolute Gasteiger partial charge is 0.390 e. The number of aliphatic hydroxyl groups is 1. The highest BCUT2D eigenvalue weighted by Crippen LogP contribution is 2.06. The Morgan fingerprint density at radius 2 is 2.08 bits per heavy atom. The maximum absolute atomic E-state index is 8.80. The van der Waals surface area contributed by atoms with Crippen LogP contribution in [0.15, 0.2) is 12.3 Å². The fourth-order valence-corrected chi connectivity index (χ4v) is 0.932. The summed E-state index contributed by atoms with van der Waals surface area (Å²) < 4.78 is 1.81. The molecule has 1 aromatic heterocycles. The van der Waals surface area contributed by atoms with E-state index in [1.807, 2.05) is 33.8 Å². The van der Waals surface area contributed by atoms with Gasteiger partial charge in [-0.25, -0.2) is 0 Å². The molecule has 0 aromatic carbocycles. The Balaban J connectivity index is 0.000000561. The lowest BCUT2D eigenvalue weighted by atomic mass is 10.3. The zero-order valence-corrected chi connectivity index (χ0v) is 8.28. The molecule has 3 heteroatoms. The minimum Gasteiger partial charge on any atom is -0.390 e. The van der Waals surface area contributed by atoms with Gasteiger partial charge in [0.25, 0.3) is 0 Å². The molecule has 0 aliphatic carbocycles. The molecular weight excluding hydrogens is 152 g/mol. The second-order valence-electron chi connectivity index (χ2n) is 2.52. The molecule has 0 spiro atoms. The van der Waals surface area contributed by atoms with Crippen LogP contribution >= 0.6 is 0 Å². The third kappa shape index (κ3) is 2.66. The summed E-state index contributed by atoms with van der Waals surface area (Å²) in [5.74, 6) is 0. The average molecular weight is 170 g/mol. The van der Waals surface area contributed by atoms with Crippen LogP contribution in [0.1, 0.15) is 39.4 Å². The van der Waals surface area contributed by atoms with Crippen molar-refractivity contribution in [3.8, 4) is 0 Å². The molecule has 1 rings (SSSR count). The summed E-state index contributed by atoms with van der Waals surface area (Å²) >= 11 is 0. The molecule has 0 aliphatic heterocycles. The molecule has 1 N–H and O–H groups in total. The minimum atomic E-state index is 0.0676. The van der Waals surface area contributed by atoms with E-state index in [-0.39, 0.29) is 6.61 Å². The first-order valence-corrected chi connectivity index (χ1v) is 4.39. The normalized spacial score (nSPS) is 9.50. The van der Waals surface area contributed by atoms with Crippen LogP contribution in [-0.4, -0.2) is 14.9 Å². The zero-order chi connectivity index (χ0) is 9.56. The Hall–Kier alpha value is -0.830. The van der Waals surface area contributed by atoms with Crippen molar-refractivity contribution >= 4 is 0 Å². The summed E-state index contributed by atoms with van der Waals surface area (Å²) in [6.45, 7) is 8.14. The molecule has 0 unspecified atom stereocenters. The van der Waals surface area contributed by atoms with Crippen LogP contribution in [0.3, 0.4) is 0 Å². The predicted molar refractivity (Wildman–Crippen MR) is 49.9 cm³/mol. The second-order valence-corrected chi connectivity index (χ2v) is 2.52. The van der Waals surface area contributed by atoms with Gasteiger partial charge in [-0.1, -0.05) is 13.8 Å². The van der Waals surface area contributed by atoms with Crippen molar-refractivity contribution < 1.29 is 5.11 Å². The maximum Gasteiger partial charge on any atom is 0.0850 e. The summed E-state index contributed by atoms with van der Waals surface area (Å²) in [7, 11) is 0. The van der Waals surface area contributed by atoms with E-state index in [1.54, 1.807) is 10.9 Å². The molecule has 0 saturated carbocycles. The van der Waals surface area contributed by atoms with E-state index in [0.29, 0.717) is 6.04 Å². The van der Waals surface area contributed by atoms with Gasteiger partial charge in [-0.3, -0.25) is 4.68 Å². The Bertz CT molecular complexity index is 206. The van der Waals surface area contributed by atoms with E-state index < -0.39 is 0 Å². The topological polar surface area (TPSA) is 38.0 Å². The monoisotopic (exact) mass is 170 g/mol. The van der Waals surface area contributed by atoms with Crippen molar-refractivity contribution in [2.45, 2.75) is 40.3 Å². The fourth-order valence-electron chi connectivity index (χ4n) is 0.932. The van der Waals surface area contributed by atoms with Gasteiger partial charge in [0.1, 0.15) is 0 Å². The molecule has 0 bridgehead atoms. The molecule has 0 saturated heterocycles. The van der Waals surface area contributed by atoms with Crippen LogP contribution in [0.2, 0.25) is 0 Å². The smallest absolute Gasteiger partial charge is 0.0850 e. The highest BCUT2D eigenvalue weighted by molar-refractivity contribution is 4.99. The fraction of sp³-hybridized carbons (Fsp3) is 0.667. The van der Waals surface area contributed by atoms with E-state index >= 15 is 0 Å². The van der Waals surface area contributed by atoms with Gasteiger partial charge in [0.05, 0.1) is 12.3 Å². The predicted octanol–water partition coefficient (Wildman–Crippen LogP) is 1.98. The molecule has 3 nitrogen and oxygen atoms in total. The molecule has 70 valence electrons. The van der Waals surface area contributed by atoms with Crippen molar-refractivity contribution in [3.05, 3.63) is 18.0 Å². The number of aliphatic hydroxyl groups excluding tert-OH is 1. The van der Waals surface area contributed by atoms with Crippen molar-refractivity contribution in [1.82, 2.24) is 9.78 Å². The summed E-state index contributed by atoms with van der Waals surface area (Å²) in [5, 5.41) is 12.8. The van der Waals surface area contributed by atoms with Crippen molar-refractivity contribution in [3.63, 3.8) is 0 Å². The van der Waals surface area contributed by atoms with Gasteiger partial charge in [0.15, 0.2) is 0 Å². The van der Waals surface area contributed by atoms with Crippen LogP contribution in [-0.2, 0) is 6.61 Å². The third-order valence-electron chi connectivity index (χ3n) is 1.40. The molecule has 0 amide bonds. The quantitative estimate of drug-likeness (QED) is 0.737. The molecular formula is C9H18N2O. The summed E-state index contributed by atoms with van der Waals surface area (Å²) in [6, 6.07) is 2.15. The van der Waals surface area contributed by atoms with Gasteiger partial charge in [-0.05, 0) is 19.9 Å². The molecule has 0 aliphatic rings. The summed E-state index contributed by atoms with van der Waals surface area (Å²) in [4.78, 5) is 0. The first-order valence-electron chi connectivity index (χ1n) is 4.39. The number of hydrogen-bond acceptors (Lipinski definition) is 2. The van der Waals surface area contributed by atoms with Gasteiger partial charge >= 0.3 is 0 Å². The SMILES string of the molecule is CC.CC(C)n1nccc1CO. The number of aromatic nitrogens is 2. The Morgan fingerprint density at radius 3 is 2.42 bits per heavy atom. The van der Waals surface area contributed by atoms with Crippen molar-refractivity contribution in [1.29, 1.82) is 0 Å². The lowest BCUT2D eigenvalue weighted by Gasteiger charge is -2.07. The Morgan fingerprint density at radius 1 is 1.50 bits per heavy atom. The van der Waals surface area contributed by atoms with Gasteiger partial charge in [0.2, 0.25) is 0 Å². The van der Waals surface area contributed by atoms with Crippen LogP contribution in [0.25, 0.3) is 0 Å². The first-order chi connectivity index (χ1) is 5.75. The minimum absolute atomic E-state index is 0.0676. The Kier molecular flexibility index (Phi) is 5.37. The zero-order valence-electron chi connectivity index (χ0n) is 8.28. The highest BCUT2D eigenvalue weighted by atomic mass is 16.3. The van der Waals surface area contributed by atoms with Crippen LogP contribution in [0.4, 0.5) is 0 Å². The maximum atomic E-state index is 8.80. The second kappa shape index (κ2) is 5.77. The van der Waals surface area contributed by atoms with E-state index in [4.69, 9.17) is 5.11 Å². The van der Waals surface area contributed by atoms with Crippen LogP contribution in [0.5, 0.6) is 0 Å². The lowest BCUT2D eigenvalue weighted by molar-refractivity contribution is 0.264. The van der Waals surface area contributed by atoms with E-state index in [0.717, 1.165) is 5.69 Å². The van der Waals surface area contributed by atoms with Gasteiger partial charge in [-0.2, -0.15) is 5.10 Å². The van der Waals surface area contributed by atoms with Crippen LogP contribution < -0.4 is 0 Å². The number of nitrogens with zero attached hydrogens (tertiary/aromatic N) is 2. The van der Waals surface area contributed by atoms with Crippen molar-refractivity contribution in [2.24, 2.45) is 0 Å². The molecule has 0 radical (unpaired) electrons. The third-order valence-corrected chi connectivity index (χ3v) is 1.40. The van der Waals surface area contributed by atoms with Gasteiger partial charge in [0, 0.05) is 12.2 Å². The average Bonchev–Trinajstić information content (AvgIpc) is 2.55. The van der Waals surface area contributed by atoms with E-state index in [9.17, 15) is 0 Å². The van der Waals surface area contributed by atoms with E-state index in [2.05, 4.69) is 5.10 Å². The first kappa shape index (κ1) is 11.2. The molecule has 1 heterocycles. The number of rotatable bonds is 2. The van der Waals surface area contributed by atoms with Gasteiger partial charge in [-0.15, -0.1) is 0 Å². The molecule has 12 heavy (non-hydrogen) atoms. The van der Waals surface area contributed by atoms with E-state index in [1.165, 1.54) is 0 Å². The van der Waals surface area contributed by atoms with Crippen LogP contribution in [0, 0.1) is 0 Å². The Labute approximate surface area is 74.0 Å². The molecule has 1 aromatic rings. The summed E-state index contributed by atoms with van der Waals surface area (Å²) in [6.07, 6.45) is 1.70. The standard InChI is InChI=1S/C7H12N2O.C2H6/c1-6(2)9-7(5-10)3-4-8-9;1-2/h3-4,6,10H,5H2,1-2H3;1-2H3. The number of hydrogen-bond donors (Lipinski definition) is 1. The molecule has 0 fully saturated rings. The van der Waals surface area contributed by atoms with Crippen molar-refractivity contribution in [2.75, 3.05) is 0 Å². The summed E-state index contributed by atoms with van der Waals surface area (Å²) in [5.41, 5.74) is 0.870.